The highest BCUT2D eigenvalue weighted by Gasteiger charge is 2.41. The van der Waals surface area contributed by atoms with Crippen LogP contribution in [0.2, 0.25) is 0 Å². The fourth-order valence-electron chi connectivity index (χ4n) is 2.02. The summed E-state index contributed by atoms with van der Waals surface area (Å²) in [6.45, 7) is 0. The predicted octanol–water partition coefficient (Wildman–Crippen LogP) is 2.99. The molecule has 1 aliphatic rings. The van der Waals surface area contributed by atoms with Crippen LogP contribution in [0.5, 0.6) is 0 Å². The highest BCUT2D eigenvalue weighted by molar-refractivity contribution is 5.76. The molecule has 3 rings (SSSR count). The van der Waals surface area contributed by atoms with Gasteiger partial charge in [-0.15, -0.1) is 0 Å². The normalized spacial score (nSPS) is 16.1. The SMILES string of the molecule is N#CC(F)(F)c1nc2ccccc2n1C1CC1. The second kappa shape index (κ2) is 3.27. The van der Waals surface area contributed by atoms with E-state index in [1.165, 1.54) is 4.57 Å². The number of rotatable bonds is 2. The molecule has 1 fully saturated rings. The molecule has 1 aromatic carbocycles. The van der Waals surface area contributed by atoms with Crippen LogP contribution in [-0.4, -0.2) is 9.55 Å². The Morgan fingerprint density at radius 2 is 2.06 bits per heavy atom. The van der Waals surface area contributed by atoms with E-state index in [2.05, 4.69) is 4.98 Å². The smallest absolute Gasteiger partial charge is 0.319 e. The number of fused-ring (bicyclic) bond motifs is 1. The molecule has 0 saturated heterocycles. The fraction of sp³-hybridized carbons (Fsp3) is 0.333. The predicted molar refractivity (Wildman–Crippen MR) is 57.5 cm³/mol. The Bertz CT molecular complexity index is 620. The number of para-hydroxylation sites is 2. The second-order valence-electron chi connectivity index (χ2n) is 4.21. The average Bonchev–Trinajstić information content (AvgIpc) is 3.09. The van der Waals surface area contributed by atoms with Crippen molar-refractivity contribution in [3.8, 4) is 6.07 Å². The maximum Gasteiger partial charge on any atom is 0.388 e. The molecule has 5 heteroatoms. The molecule has 0 amide bonds. The van der Waals surface area contributed by atoms with Crippen LogP contribution < -0.4 is 0 Å². The van der Waals surface area contributed by atoms with Crippen LogP contribution in [0, 0.1) is 11.3 Å². The first kappa shape index (κ1) is 10.2. The standard InChI is InChI=1S/C12H9F2N3/c13-12(14,7-15)11-16-9-3-1-2-4-10(9)17(11)8-5-6-8/h1-4,8H,5-6H2. The van der Waals surface area contributed by atoms with Crippen molar-refractivity contribution in [2.45, 2.75) is 24.8 Å². The minimum Gasteiger partial charge on any atom is -0.319 e. The number of imidazole rings is 1. The molecule has 86 valence electrons. The van der Waals surface area contributed by atoms with Crippen molar-refractivity contribution in [2.24, 2.45) is 0 Å². The third kappa shape index (κ3) is 1.48. The number of nitrogens with zero attached hydrogens (tertiary/aromatic N) is 3. The molecule has 2 aromatic rings. The molecule has 0 unspecified atom stereocenters. The molecule has 17 heavy (non-hydrogen) atoms. The summed E-state index contributed by atoms with van der Waals surface area (Å²) in [5, 5.41) is 8.55. The lowest BCUT2D eigenvalue weighted by Crippen LogP contribution is -2.17. The molecular formula is C12H9F2N3. The Labute approximate surface area is 96.3 Å². The third-order valence-corrected chi connectivity index (χ3v) is 2.93. The van der Waals surface area contributed by atoms with Crippen LogP contribution in [0.1, 0.15) is 24.7 Å². The van der Waals surface area contributed by atoms with Gasteiger partial charge >= 0.3 is 5.92 Å². The van der Waals surface area contributed by atoms with Crippen molar-refractivity contribution in [1.82, 2.24) is 9.55 Å². The first-order valence-electron chi connectivity index (χ1n) is 5.40. The van der Waals surface area contributed by atoms with Gasteiger partial charge in [0.2, 0.25) is 0 Å². The Morgan fingerprint density at radius 1 is 1.35 bits per heavy atom. The number of nitriles is 1. The zero-order valence-electron chi connectivity index (χ0n) is 8.90. The molecule has 0 N–H and O–H groups in total. The maximum absolute atomic E-state index is 13.5. The summed E-state index contributed by atoms with van der Waals surface area (Å²) in [6, 6.07) is 8.08. The largest absolute Gasteiger partial charge is 0.388 e. The molecule has 0 spiro atoms. The lowest BCUT2D eigenvalue weighted by molar-refractivity contribution is 0.0474. The first-order chi connectivity index (χ1) is 8.13. The quantitative estimate of drug-likeness (QED) is 0.800. The summed E-state index contributed by atoms with van der Waals surface area (Å²) >= 11 is 0. The van der Waals surface area contributed by atoms with E-state index in [0.29, 0.717) is 11.0 Å². The van der Waals surface area contributed by atoms with Crippen molar-refractivity contribution >= 4 is 11.0 Å². The monoisotopic (exact) mass is 233 g/mol. The minimum atomic E-state index is -3.53. The van der Waals surface area contributed by atoms with E-state index >= 15 is 0 Å². The zero-order valence-corrected chi connectivity index (χ0v) is 8.90. The Morgan fingerprint density at radius 3 is 2.71 bits per heavy atom. The Kier molecular flexibility index (Phi) is 1.96. The van der Waals surface area contributed by atoms with Gasteiger partial charge < -0.3 is 4.57 Å². The van der Waals surface area contributed by atoms with E-state index in [-0.39, 0.29) is 6.04 Å². The van der Waals surface area contributed by atoms with Gasteiger partial charge in [0.25, 0.3) is 0 Å². The van der Waals surface area contributed by atoms with Crippen LogP contribution in [0.25, 0.3) is 11.0 Å². The third-order valence-electron chi connectivity index (χ3n) is 2.93. The van der Waals surface area contributed by atoms with Crippen molar-refractivity contribution in [2.75, 3.05) is 0 Å². The summed E-state index contributed by atoms with van der Waals surface area (Å²) in [5.74, 6) is -3.95. The molecule has 0 aliphatic heterocycles. The molecule has 1 aromatic heterocycles. The van der Waals surface area contributed by atoms with Gasteiger partial charge in [-0.05, 0) is 25.0 Å². The van der Waals surface area contributed by atoms with Gasteiger partial charge in [-0.25, -0.2) is 4.98 Å². The molecule has 0 bridgehead atoms. The second-order valence-corrected chi connectivity index (χ2v) is 4.21. The summed E-state index contributed by atoms with van der Waals surface area (Å²) in [6.07, 6.45) is 1.74. The van der Waals surface area contributed by atoms with E-state index in [1.807, 2.05) is 0 Å². The van der Waals surface area contributed by atoms with E-state index < -0.39 is 11.7 Å². The van der Waals surface area contributed by atoms with Crippen molar-refractivity contribution in [3.63, 3.8) is 0 Å². The van der Waals surface area contributed by atoms with Gasteiger partial charge in [-0.2, -0.15) is 14.0 Å². The van der Waals surface area contributed by atoms with Crippen molar-refractivity contribution in [3.05, 3.63) is 30.1 Å². The van der Waals surface area contributed by atoms with E-state index in [0.717, 1.165) is 18.9 Å². The number of aromatic nitrogens is 2. The van der Waals surface area contributed by atoms with Crippen LogP contribution in [0.4, 0.5) is 8.78 Å². The average molecular weight is 233 g/mol. The number of alkyl halides is 2. The van der Waals surface area contributed by atoms with E-state index in [9.17, 15) is 8.78 Å². The molecule has 0 radical (unpaired) electrons. The van der Waals surface area contributed by atoms with Crippen LogP contribution in [0.15, 0.2) is 24.3 Å². The van der Waals surface area contributed by atoms with Gasteiger partial charge in [0.1, 0.15) is 6.07 Å². The number of halogens is 2. The van der Waals surface area contributed by atoms with Crippen LogP contribution in [0.3, 0.4) is 0 Å². The first-order valence-corrected chi connectivity index (χ1v) is 5.40. The topological polar surface area (TPSA) is 41.6 Å². The molecule has 1 aliphatic carbocycles. The Hall–Kier alpha value is -1.96. The van der Waals surface area contributed by atoms with Gasteiger partial charge in [-0.3, -0.25) is 0 Å². The molecule has 1 saturated carbocycles. The lowest BCUT2D eigenvalue weighted by atomic mass is 10.3. The molecule has 0 atom stereocenters. The Balaban J connectivity index is 2.31. The number of hydrogen-bond acceptors (Lipinski definition) is 2. The highest BCUT2D eigenvalue weighted by atomic mass is 19.3. The van der Waals surface area contributed by atoms with Gasteiger partial charge in [0, 0.05) is 6.04 Å². The van der Waals surface area contributed by atoms with Gasteiger partial charge in [0.15, 0.2) is 5.82 Å². The van der Waals surface area contributed by atoms with Crippen LogP contribution >= 0.6 is 0 Å². The number of hydrogen-bond donors (Lipinski definition) is 0. The highest BCUT2D eigenvalue weighted by Crippen LogP contribution is 2.42. The summed E-state index contributed by atoms with van der Waals surface area (Å²) in [5.41, 5.74) is 1.20. The molecule has 1 heterocycles. The van der Waals surface area contributed by atoms with Gasteiger partial charge in [-0.1, -0.05) is 12.1 Å². The minimum absolute atomic E-state index is 0.0663. The molecular weight excluding hydrogens is 224 g/mol. The summed E-state index contributed by atoms with van der Waals surface area (Å²) in [7, 11) is 0. The van der Waals surface area contributed by atoms with Crippen molar-refractivity contribution < 1.29 is 8.78 Å². The molecule has 3 nitrogen and oxygen atoms in total. The maximum atomic E-state index is 13.5. The van der Waals surface area contributed by atoms with E-state index in [1.54, 1.807) is 24.3 Å². The van der Waals surface area contributed by atoms with Crippen LogP contribution in [-0.2, 0) is 5.92 Å². The summed E-state index contributed by atoms with van der Waals surface area (Å²) < 4.78 is 28.6. The fourth-order valence-corrected chi connectivity index (χ4v) is 2.02. The van der Waals surface area contributed by atoms with Gasteiger partial charge in [0.05, 0.1) is 11.0 Å². The van der Waals surface area contributed by atoms with E-state index in [4.69, 9.17) is 5.26 Å². The van der Waals surface area contributed by atoms with Crippen molar-refractivity contribution in [1.29, 1.82) is 5.26 Å². The zero-order chi connectivity index (χ0) is 12.0. The summed E-state index contributed by atoms with van der Waals surface area (Å²) in [4.78, 5) is 3.91. The lowest BCUT2D eigenvalue weighted by Gasteiger charge is -2.10. The number of benzene rings is 1.